The van der Waals surface area contributed by atoms with Gasteiger partial charge in [0.25, 0.3) is 0 Å². The zero-order valence-corrected chi connectivity index (χ0v) is 30.2. The first-order valence-electron chi connectivity index (χ1n) is 18.4. The van der Waals surface area contributed by atoms with Gasteiger partial charge in [-0.1, -0.05) is 18.2 Å². The third kappa shape index (κ3) is 7.97. The van der Waals surface area contributed by atoms with Crippen molar-refractivity contribution in [1.82, 2.24) is 39.5 Å². The number of nitrogens with two attached hydrogens (primary N) is 1. The molecular formula is C37H43F6N9O3. The molecule has 296 valence electrons. The van der Waals surface area contributed by atoms with Gasteiger partial charge in [-0.05, 0) is 56.5 Å². The summed E-state index contributed by atoms with van der Waals surface area (Å²) in [7, 11) is 2.05. The van der Waals surface area contributed by atoms with Crippen LogP contribution in [0.1, 0.15) is 48.4 Å². The smallest absolute Gasteiger partial charge is 0.398 e. The second kappa shape index (κ2) is 15.0. The minimum atomic E-state index is -5.20. The quantitative estimate of drug-likeness (QED) is 0.191. The number of alkyl halides is 6. The Hall–Kier alpha value is -4.84. The molecule has 3 aliphatic heterocycles. The third-order valence-corrected chi connectivity index (χ3v) is 11.3. The molecule has 18 heteroatoms. The number of piperidine rings is 2. The zero-order chi connectivity index (χ0) is 39.2. The van der Waals surface area contributed by atoms with E-state index < -0.39 is 59.1 Å². The van der Waals surface area contributed by atoms with Crippen LogP contribution >= 0.6 is 0 Å². The topological polar surface area (TPSA) is 136 Å². The standard InChI is InChI=1S/C37H43F6N9O3/c1-48-14-16-49(17-15-48)23-6-10-50(11-7-23)33(53)29(20-22-18-26(36(38,39)40)31(44)27(19-22)37(41,42)43)46-34(54)51-12-8-24(9-13-51)52-30-21-45-28-5-3-2-4-25(28)32(30)47-35(52)55/h2-5,18-19,21,23-24,29H,6-17,20,44H2,1H3,(H,46,54)(H,47,55)/t29-/m1/s1. The maximum absolute atomic E-state index is 14.1. The van der Waals surface area contributed by atoms with Crippen LogP contribution in [0.5, 0.6) is 0 Å². The number of likely N-dealkylation sites (tertiary alicyclic amines) is 2. The summed E-state index contributed by atoms with van der Waals surface area (Å²) in [5.74, 6) is -0.593. The Labute approximate surface area is 312 Å². The minimum absolute atomic E-state index is 0.173. The SMILES string of the molecule is CN1CCN(C2CCN(C(=O)[C@@H](Cc3cc(C(F)(F)F)c(N)c(C(F)(F)F)c3)NC(=O)N3CCC(n4c(=O)[nH]c5c6ccccc6ncc54)CC3)CC2)CC1. The molecule has 2 aromatic carbocycles. The van der Waals surface area contributed by atoms with E-state index in [0.29, 0.717) is 61.9 Å². The van der Waals surface area contributed by atoms with Gasteiger partial charge in [-0.2, -0.15) is 26.3 Å². The molecular weight excluding hydrogens is 732 g/mol. The van der Waals surface area contributed by atoms with E-state index in [1.807, 2.05) is 24.3 Å². The monoisotopic (exact) mass is 775 g/mol. The number of hydrogen-bond acceptors (Lipinski definition) is 7. The van der Waals surface area contributed by atoms with Gasteiger partial charge in [0.05, 0.1) is 39.6 Å². The van der Waals surface area contributed by atoms with Crippen molar-refractivity contribution in [3.63, 3.8) is 0 Å². The molecule has 5 heterocycles. The summed E-state index contributed by atoms with van der Waals surface area (Å²) in [5, 5.41) is 3.44. The van der Waals surface area contributed by atoms with Gasteiger partial charge in [0.15, 0.2) is 0 Å². The van der Waals surface area contributed by atoms with Crippen molar-refractivity contribution in [2.45, 2.75) is 62.6 Å². The fraction of sp³-hybridized carbons (Fsp3) is 0.514. The number of fused-ring (bicyclic) bond motifs is 3. The first-order chi connectivity index (χ1) is 26.1. The number of nitrogens with one attached hydrogen (secondary N) is 2. The van der Waals surface area contributed by atoms with Crippen LogP contribution in [-0.4, -0.2) is 118 Å². The van der Waals surface area contributed by atoms with E-state index in [2.05, 4.69) is 32.1 Å². The van der Waals surface area contributed by atoms with Gasteiger partial charge in [0, 0.05) is 76.2 Å². The number of aromatic nitrogens is 3. The molecule has 4 aromatic rings. The predicted octanol–water partition coefficient (Wildman–Crippen LogP) is 4.69. The lowest BCUT2D eigenvalue weighted by Gasteiger charge is -2.42. The highest BCUT2D eigenvalue weighted by atomic mass is 19.4. The first kappa shape index (κ1) is 38.4. The van der Waals surface area contributed by atoms with Crippen molar-refractivity contribution in [1.29, 1.82) is 0 Å². The van der Waals surface area contributed by atoms with E-state index in [1.54, 1.807) is 10.8 Å². The molecule has 0 radical (unpaired) electrons. The van der Waals surface area contributed by atoms with E-state index >= 15 is 0 Å². The summed E-state index contributed by atoms with van der Waals surface area (Å²) >= 11 is 0. The average Bonchev–Trinajstić information content (AvgIpc) is 3.50. The molecule has 3 saturated heterocycles. The number of anilines is 1. The number of benzene rings is 2. The van der Waals surface area contributed by atoms with Crippen molar-refractivity contribution >= 4 is 39.6 Å². The van der Waals surface area contributed by atoms with Gasteiger partial charge >= 0.3 is 24.1 Å². The molecule has 55 heavy (non-hydrogen) atoms. The number of rotatable bonds is 6. The second-order valence-electron chi connectivity index (χ2n) is 14.8. The lowest BCUT2D eigenvalue weighted by molar-refractivity contribution is -0.141. The number of piperazine rings is 1. The fourth-order valence-electron chi connectivity index (χ4n) is 8.25. The normalized spacial score (nSPS) is 19.3. The number of aromatic amines is 1. The fourth-order valence-corrected chi connectivity index (χ4v) is 8.25. The number of amides is 3. The Morgan fingerprint density at radius 2 is 1.45 bits per heavy atom. The highest BCUT2D eigenvalue weighted by molar-refractivity contribution is 6.01. The molecule has 0 saturated carbocycles. The first-order valence-corrected chi connectivity index (χ1v) is 18.4. The van der Waals surface area contributed by atoms with E-state index in [0.717, 1.165) is 37.1 Å². The van der Waals surface area contributed by atoms with Gasteiger partial charge in [0.2, 0.25) is 5.91 Å². The minimum Gasteiger partial charge on any atom is -0.398 e. The number of pyridine rings is 1. The van der Waals surface area contributed by atoms with Crippen LogP contribution in [0.15, 0.2) is 47.4 Å². The number of nitrogen functional groups attached to an aromatic ring is 1. The van der Waals surface area contributed by atoms with Gasteiger partial charge in [-0.25, -0.2) is 9.59 Å². The molecule has 0 aliphatic carbocycles. The molecule has 1 atom stereocenters. The summed E-state index contributed by atoms with van der Waals surface area (Å²) in [5.41, 5.74) is 1.81. The van der Waals surface area contributed by atoms with Crippen molar-refractivity contribution in [3.05, 3.63) is 69.8 Å². The van der Waals surface area contributed by atoms with Crippen LogP contribution < -0.4 is 16.7 Å². The van der Waals surface area contributed by atoms with Crippen molar-refractivity contribution in [2.24, 2.45) is 0 Å². The number of halogens is 6. The summed E-state index contributed by atoms with van der Waals surface area (Å²) < 4.78 is 85.2. The molecule has 3 fully saturated rings. The summed E-state index contributed by atoms with van der Waals surface area (Å²) in [6, 6.07) is 6.22. The van der Waals surface area contributed by atoms with Crippen LogP contribution in [0.2, 0.25) is 0 Å². The Balaban J connectivity index is 1.09. The molecule has 4 N–H and O–H groups in total. The number of likely N-dealkylation sites (N-methyl/N-ethyl adjacent to an activating group) is 1. The van der Waals surface area contributed by atoms with Crippen molar-refractivity contribution in [2.75, 3.05) is 65.1 Å². The van der Waals surface area contributed by atoms with Gasteiger partial charge in [-0.3, -0.25) is 19.2 Å². The van der Waals surface area contributed by atoms with Crippen LogP contribution in [0.25, 0.3) is 21.9 Å². The number of para-hydroxylation sites is 1. The second-order valence-corrected chi connectivity index (χ2v) is 14.8. The number of H-pyrrole nitrogens is 1. The van der Waals surface area contributed by atoms with Crippen LogP contribution in [0, 0.1) is 0 Å². The van der Waals surface area contributed by atoms with Crippen LogP contribution in [0.4, 0.5) is 36.8 Å². The van der Waals surface area contributed by atoms with E-state index in [1.165, 1.54) is 9.80 Å². The Kier molecular flexibility index (Phi) is 10.5. The Morgan fingerprint density at radius 3 is 2.07 bits per heavy atom. The summed E-state index contributed by atoms with van der Waals surface area (Å²) in [4.78, 5) is 56.0. The largest absolute Gasteiger partial charge is 0.418 e. The highest BCUT2D eigenvalue weighted by Gasteiger charge is 2.42. The Morgan fingerprint density at radius 1 is 0.873 bits per heavy atom. The number of hydrogen-bond donors (Lipinski definition) is 3. The molecule has 2 aromatic heterocycles. The van der Waals surface area contributed by atoms with E-state index in [9.17, 15) is 40.7 Å². The molecule has 7 rings (SSSR count). The molecule has 0 spiro atoms. The lowest BCUT2D eigenvalue weighted by atomic mass is 9.96. The van der Waals surface area contributed by atoms with Crippen LogP contribution in [0.3, 0.4) is 0 Å². The van der Waals surface area contributed by atoms with Gasteiger partial charge in [-0.15, -0.1) is 0 Å². The maximum Gasteiger partial charge on any atom is 0.418 e. The maximum atomic E-state index is 14.1. The molecule has 0 bridgehead atoms. The Bertz CT molecular complexity index is 2070. The number of imidazole rings is 1. The van der Waals surface area contributed by atoms with Crippen LogP contribution in [-0.2, 0) is 23.6 Å². The molecule has 3 amide bonds. The van der Waals surface area contributed by atoms with Crippen molar-refractivity contribution in [3.8, 4) is 0 Å². The summed E-state index contributed by atoms with van der Waals surface area (Å²) in [6.45, 7) is 4.58. The number of carbonyl (C=O) groups excluding carboxylic acids is 2. The van der Waals surface area contributed by atoms with Gasteiger partial charge < -0.3 is 30.7 Å². The lowest BCUT2D eigenvalue weighted by Crippen LogP contribution is -2.57. The molecule has 0 unspecified atom stereocenters. The summed E-state index contributed by atoms with van der Waals surface area (Å²) in [6.07, 6.45) is -7.38. The third-order valence-electron chi connectivity index (χ3n) is 11.3. The molecule has 3 aliphatic rings. The van der Waals surface area contributed by atoms with E-state index in [4.69, 9.17) is 5.73 Å². The number of nitrogens with zero attached hydrogens (tertiary/aromatic N) is 6. The number of urea groups is 1. The predicted molar refractivity (Wildman–Crippen MR) is 193 cm³/mol. The van der Waals surface area contributed by atoms with Crippen molar-refractivity contribution < 1.29 is 35.9 Å². The van der Waals surface area contributed by atoms with E-state index in [-0.39, 0.29) is 30.9 Å². The molecule has 12 nitrogen and oxygen atoms in total. The zero-order valence-electron chi connectivity index (χ0n) is 30.2. The van der Waals surface area contributed by atoms with Gasteiger partial charge in [0.1, 0.15) is 6.04 Å². The number of carbonyl (C=O) groups is 2. The average molecular weight is 776 g/mol. The highest BCUT2D eigenvalue weighted by Crippen LogP contribution is 2.42.